The van der Waals surface area contributed by atoms with Gasteiger partial charge in [-0.05, 0) is 61.3 Å². The summed E-state index contributed by atoms with van der Waals surface area (Å²) < 4.78 is 14.0. The van der Waals surface area contributed by atoms with E-state index in [-0.39, 0.29) is 29.5 Å². The maximum atomic E-state index is 14.0. The minimum atomic E-state index is -0.522. The lowest BCUT2D eigenvalue weighted by molar-refractivity contribution is -0.128. The van der Waals surface area contributed by atoms with Gasteiger partial charge >= 0.3 is 0 Å². The molecule has 0 saturated heterocycles. The number of aliphatic hydroxyl groups is 1. The molecule has 2 aliphatic carbocycles. The SMILES string of the molecule is CCC(O)N[C@H]1CC[C@@H](N(C)C(=O)C2=CC=C(c3ccc(C#N)c(F)c3)CC2C)C1. The molecule has 1 aromatic rings. The maximum absolute atomic E-state index is 14.0. The molecule has 1 fully saturated rings. The van der Waals surface area contributed by atoms with Gasteiger partial charge in [0.1, 0.15) is 18.1 Å². The van der Waals surface area contributed by atoms with Crippen molar-refractivity contribution in [3.63, 3.8) is 0 Å². The molecular weight excluding hydrogens is 381 g/mol. The highest BCUT2D eigenvalue weighted by molar-refractivity contribution is 5.95. The van der Waals surface area contributed by atoms with Crippen molar-refractivity contribution in [1.82, 2.24) is 10.2 Å². The van der Waals surface area contributed by atoms with Gasteiger partial charge in [-0.15, -0.1) is 0 Å². The zero-order chi connectivity index (χ0) is 21.8. The van der Waals surface area contributed by atoms with E-state index >= 15 is 0 Å². The lowest BCUT2D eigenvalue weighted by Crippen LogP contribution is -2.40. The molecule has 2 N–H and O–H groups in total. The van der Waals surface area contributed by atoms with Crippen LogP contribution in [-0.2, 0) is 4.79 Å². The van der Waals surface area contributed by atoms with E-state index in [1.807, 2.05) is 44.0 Å². The molecule has 2 unspecified atom stereocenters. The fraction of sp³-hybridized carbons (Fsp3) is 0.500. The molecule has 1 amide bonds. The average Bonchev–Trinajstić information content (AvgIpc) is 3.20. The first-order valence-electron chi connectivity index (χ1n) is 10.7. The molecule has 0 bridgehead atoms. The summed E-state index contributed by atoms with van der Waals surface area (Å²) >= 11 is 0. The van der Waals surface area contributed by atoms with E-state index in [0.29, 0.717) is 12.8 Å². The van der Waals surface area contributed by atoms with Crippen LogP contribution in [0.3, 0.4) is 0 Å². The molecule has 0 heterocycles. The van der Waals surface area contributed by atoms with E-state index in [1.165, 1.54) is 12.1 Å². The van der Waals surface area contributed by atoms with Gasteiger partial charge in [0.2, 0.25) is 5.91 Å². The van der Waals surface area contributed by atoms with Crippen LogP contribution in [0.25, 0.3) is 5.57 Å². The average molecular weight is 412 g/mol. The van der Waals surface area contributed by atoms with Crippen LogP contribution in [-0.4, -0.2) is 41.3 Å². The van der Waals surface area contributed by atoms with Crippen LogP contribution < -0.4 is 5.32 Å². The summed E-state index contributed by atoms with van der Waals surface area (Å²) in [5.41, 5.74) is 2.50. The monoisotopic (exact) mass is 411 g/mol. The van der Waals surface area contributed by atoms with E-state index in [0.717, 1.165) is 36.0 Å². The van der Waals surface area contributed by atoms with E-state index in [2.05, 4.69) is 5.32 Å². The van der Waals surface area contributed by atoms with Crippen molar-refractivity contribution in [3.8, 4) is 6.07 Å². The predicted octanol–water partition coefficient (Wildman–Crippen LogP) is 3.74. The minimum absolute atomic E-state index is 0.0240. The molecular formula is C24H30FN3O2. The fourth-order valence-corrected chi connectivity index (χ4v) is 4.38. The quantitative estimate of drug-likeness (QED) is 0.699. The lowest BCUT2D eigenvalue weighted by atomic mass is 9.84. The second-order valence-electron chi connectivity index (χ2n) is 8.40. The van der Waals surface area contributed by atoms with Gasteiger partial charge in [0.05, 0.1) is 5.56 Å². The highest BCUT2D eigenvalue weighted by atomic mass is 19.1. The van der Waals surface area contributed by atoms with Crippen LogP contribution >= 0.6 is 0 Å². The molecule has 1 aromatic carbocycles. The normalized spacial score (nSPS) is 24.6. The van der Waals surface area contributed by atoms with Gasteiger partial charge in [-0.25, -0.2) is 4.39 Å². The zero-order valence-electron chi connectivity index (χ0n) is 17.9. The second kappa shape index (κ2) is 9.55. The third kappa shape index (κ3) is 4.80. The highest BCUT2D eigenvalue weighted by Crippen LogP contribution is 2.34. The standard InChI is InChI=1S/C24H30FN3O2/c1-4-23(29)27-19-8-9-20(13-19)28(3)24(30)21-10-7-16(11-15(21)2)17-5-6-18(14-26)22(25)12-17/h5-7,10,12,15,19-20,23,27,29H,4,8-9,11,13H2,1-3H3/t15?,19-,20+,23?/m0/s1. The van der Waals surface area contributed by atoms with Gasteiger partial charge in [0.25, 0.3) is 0 Å². The number of hydrogen-bond donors (Lipinski definition) is 2. The first-order valence-corrected chi connectivity index (χ1v) is 10.7. The number of aliphatic hydroxyl groups excluding tert-OH is 1. The molecule has 6 heteroatoms. The molecule has 0 spiro atoms. The largest absolute Gasteiger partial charge is 0.379 e. The van der Waals surface area contributed by atoms with Crippen LogP contribution in [0.1, 0.15) is 57.1 Å². The van der Waals surface area contributed by atoms with Crippen molar-refractivity contribution < 1.29 is 14.3 Å². The molecule has 2 aliphatic rings. The van der Waals surface area contributed by atoms with E-state index in [1.54, 1.807) is 6.07 Å². The number of halogens is 1. The van der Waals surface area contributed by atoms with Crippen LogP contribution in [0, 0.1) is 23.1 Å². The number of hydrogen-bond acceptors (Lipinski definition) is 4. The Bertz CT molecular complexity index is 902. The summed E-state index contributed by atoms with van der Waals surface area (Å²) in [7, 11) is 1.86. The Hall–Kier alpha value is -2.49. The first kappa shape index (κ1) is 22.2. The molecule has 0 aliphatic heterocycles. The third-order valence-electron chi connectivity index (χ3n) is 6.32. The number of amides is 1. The lowest BCUT2D eigenvalue weighted by Gasteiger charge is -2.29. The van der Waals surface area contributed by atoms with Gasteiger partial charge in [-0.1, -0.05) is 32.1 Å². The first-order chi connectivity index (χ1) is 14.3. The molecule has 4 atom stereocenters. The second-order valence-corrected chi connectivity index (χ2v) is 8.40. The smallest absolute Gasteiger partial charge is 0.250 e. The van der Waals surface area contributed by atoms with Gasteiger partial charge in [0.15, 0.2) is 0 Å². The number of likely N-dealkylation sites (N-methyl/N-ethyl adjacent to an activating group) is 1. The molecule has 30 heavy (non-hydrogen) atoms. The highest BCUT2D eigenvalue weighted by Gasteiger charge is 2.33. The van der Waals surface area contributed by atoms with E-state index in [9.17, 15) is 14.3 Å². The zero-order valence-corrected chi connectivity index (χ0v) is 17.9. The third-order valence-corrected chi connectivity index (χ3v) is 6.32. The number of benzene rings is 1. The van der Waals surface area contributed by atoms with Crippen LogP contribution in [0.4, 0.5) is 4.39 Å². The Balaban J connectivity index is 1.69. The van der Waals surface area contributed by atoms with E-state index < -0.39 is 12.0 Å². The molecule has 3 rings (SSSR count). The Kier molecular flexibility index (Phi) is 7.06. The molecule has 1 saturated carbocycles. The van der Waals surface area contributed by atoms with Crippen molar-refractivity contribution in [2.75, 3.05) is 7.05 Å². The number of allylic oxidation sites excluding steroid dienone is 3. The summed E-state index contributed by atoms with van der Waals surface area (Å²) in [5, 5.41) is 21.9. The fourth-order valence-electron chi connectivity index (χ4n) is 4.38. The Morgan fingerprint density at radius 2 is 2.17 bits per heavy atom. The van der Waals surface area contributed by atoms with Crippen molar-refractivity contribution in [1.29, 1.82) is 5.26 Å². The van der Waals surface area contributed by atoms with Gasteiger partial charge in [-0.3, -0.25) is 10.1 Å². The molecule has 0 radical (unpaired) electrons. The van der Waals surface area contributed by atoms with Crippen molar-refractivity contribution in [3.05, 3.63) is 52.9 Å². The number of nitriles is 1. The van der Waals surface area contributed by atoms with Crippen molar-refractivity contribution in [2.24, 2.45) is 5.92 Å². The van der Waals surface area contributed by atoms with Crippen molar-refractivity contribution >= 4 is 11.5 Å². The van der Waals surface area contributed by atoms with Crippen LogP contribution in [0.15, 0.2) is 35.9 Å². The number of nitrogens with zero attached hydrogens (tertiary/aromatic N) is 2. The predicted molar refractivity (Wildman–Crippen MR) is 115 cm³/mol. The Labute approximate surface area is 177 Å². The Morgan fingerprint density at radius 3 is 2.80 bits per heavy atom. The molecule has 160 valence electrons. The molecule has 0 aromatic heterocycles. The topological polar surface area (TPSA) is 76.4 Å². The number of nitrogens with one attached hydrogen (secondary N) is 1. The summed E-state index contributed by atoms with van der Waals surface area (Å²) in [6.07, 6.45) is 7.26. The van der Waals surface area contributed by atoms with Crippen LogP contribution in [0.5, 0.6) is 0 Å². The minimum Gasteiger partial charge on any atom is -0.379 e. The number of rotatable bonds is 6. The molecule has 5 nitrogen and oxygen atoms in total. The Morgan fingerprint density at radius 1 is 1.40 bits per heavy atom. The van der Waals surface area contributed by atoms with Gasteiger partial charge in [0, 0.05) is 24.7 Å². The summed E-state index contributed by atoms with van der Waals surface area (Å²) in [4.78, 5) is 15.0. The van der Waals surface area contributed by atoms with Gasteiger partial charge < -0.3 is 10.0 Å². The van der Waals surface area contributed by atoms with Crippen molar-refractivity contribution in [2.45, 2.75) is 64.3 Å². The summed E-state index contributed by atoms with van der Waals surface area (Å²) in [6, 6.07) is 6.86. The summed E-state index contributed by atoms with van der Waals surface area (Å²) in [6.45, 7) is 3.95. The number of carbonyl (C=O) groups is 1. The van der Waals surface area contributed by atoms with Crippen LogP contribution in [0.2, 0.25) is 0 Å². The maximum Gasteiger partial charge on any atom is 0.250 e. The number of carbonyl (C=O) groups excluding carboxylic acids is 1. The van der Waals surface area contributed by atoms with E-state index in [4.69, 9.17) is 5.26 Å². The summed E-state index contributed by atoms with van der Waals surface area (Å²) in [5.74, 6) is -0.465. The van der Waals surface area contributed by atoms with Gasteiger partial charge in [-0.2, -0.15) is 5.26 Å².